The Morgan fingerprint density at radius 3 is 2.52 bits per heavy atom. The molecule has 0 bridgehead atoms. The molecule has 1 aromatic carbocycles. The van der Waals surface area contributed by atoms with Gasteiger partial charge in [0.25, 0.3) is 5.91 Å². The lowest BCUT2D eigenvalue weighted by Crippen LogP contribution is -2.41. The molecule has 1 N–H and O–H groups in total. The lowest BCUT2D eigenvalue weighted by molar-refractivity contribution is -0.146. The molecule has 7 nitrogen and oxygen atoms in total. The van der Waals surface area contributed by atoms with Crippen LogP contribution >= 0.6 is 0 Å². The molecule has 2 aliphatic rings. The monoisotopic (exact) mass is 396 g/mol. The van der Waals surface area contributed by atoms with Gasteiger partial charge >= 0.3 is 5.97 Å². The zero-order valence-corrected chi connectivity index (χ0v) is 17.2. The number of hydrogen-bond donors (Lipinski definition) is 1. The lowest BCUT2D eigenvalue weighted by atomic mass is 9.89. The largest absolute Gasteiger partial charge is 0.469 e. The fraction of sp³-hybridized carbons (Fsp3) is 0.500. The van der Waals surface area contributed by atoms with E-state index in [1.807, 2.05) is 27.8 Å². The van der Waals surface area contributed by atoms with E-state index in [9.17, 15) is 9.59 Å². The van der Waals surface area contributed by atoms with E-state index < -0.39 is 0 Å². The number of amides is 1. The highest BCUT2D eigenvalue weighted by atomic mass is 16.5. The standard InChI is InChI=1S/C22H28N4O3/c1-22(2)13-18(15-7-5-4-6-8-15)24-19-17(14-23-26(19)22)20(27)25-11-9-16(10-12-25)21(28)29-3/h4-8,14,16,18,24H,9-13H2,1-3H3. The Hall–Kier alpha value is -2.83. The molecule has 2 aromatic rings. The highest BCUT2D eigenvalue weighted by Crippen LogP contribution is 2.40. The molecular formula is C22H28N4O3. The number of aromatic nitrogens is 2. The van der Waals surface area contributed by atoms with E-state index in [1.54, 1.807) is 6.20 Å². The first-order valence-corrected chi connectivity index (χ1v) is 10.2. The van der Waals surface area contributed by atoms with Gasteiger partial charge in [0.2, 0.25) is 0 Å². The van der Waals surface area contributed by atoms with Crippen LogP contribution in [0.1, 0.15) is 55.1 Å². The van der Waals surface area contributed by atoms with Gasteiger partial charge in [0.1, 0.15) is 11.4 Å². The predicted octanol–water partition coefficient (Wildman–Crippen LogP) is 3.20. The van der Waals surface area contributed by atoms with Gasteiger partial charge in [-0.25, -0.2) is 4.68 Å². The maximum absolute atomic E-state index is 13.2. The van der Waals surface area contributed by atoms with Crippen molar-refractivity contribution in [3.63, 3.8) is 0 Å². The molecule has 0 saturated carbocycles. The number of fused-ring (bicyclic) bond motifs is 1. The van der Waals surface area contributed by atoms with Gasteiger partial charge < -0.3 is 15.0 Å². The summed E-state index contributed by atoms with van der Waals surface area (Å²) < 4.78 is 6.77. The molecular weight excluding hydrogens is 368 g/mol. The van der Waals surface area contributed by atoms with Gasteiger partial charge in [-0.1, -0.05) is 30.3 Å². The number of anilines is 1. The van der Waals surface area contributed by atoms with Crippen molar-refractivity contribution in [3.05, 3.63) is 47.7 Å². The minimum atomic E-state index is -0.211. The van der Waals surface area contributed by atoms with E-state index in [-0.39, 0.29) is 29.4 Å². The molecule has 1 unspecified atom stereocenters. The van der Waals surface area contributed by atoms with Crippen LogP contribution in [-0.4, -0.2) is 46.8 Å². The van der Waals surface area contributed by atoms with E-state index >= 15 is 0 Å². The molecule has 4 rings (SSSR count). The van der Waals surface area contributed by atoms with E-state index in [1.165, 1.54) is 12.7 Å². The topological polar surface area (TPSA) is 76.5 Å². The first-order valence-electron chi connectivity index (χ1n) is 10.2. The highest BCUT2D eigenvalue weighted by molar-refractivity contribution is 5.99. The first kappa shape index (κ1) is 19.5. The number of nitrogens with zero attached hydrogens (tertiary/aromatic N) is 3. The van der Waals surface area contributed by atoms with Crippen molar-refractivity contribution >= 4 is 17.7 Å². The number of carbonyl (C=O) groups is 2. The minimum absolute atomic E-state index is 0.0356. The van der Waals surface area contributed by atoms with Crippen LogP contribution < -0.4 is 5.32 Å². The Labute approximate surface area is 171 Å². The van der Waals surface area contributed by atoms with Gasteiger partial charge in [-0.05, 0) is 38.7 Å². The average molecular weight is 396 g/mol. The summed E-state index contributed by atoms with van der Waals surface area (Å²) in [6.07, 6.45) is 3.82. The molecule has 0 aliphatic carbocycles. The van der Waals surface area contributed by atoms with E-state index in [2.05, 4.69) is 36.4 Å². The third kappa shape index (κ3) is 3.61. The molecule has 2 aliphatic heterocycles. The Bertz CT molecular complexity index is 898. The zero-order valence-electron chi connectivity index (χ0n) is 17.2. The third-order valence-electron chi connectivity index (χ3n) is 6.11. The van der Waals surface area contributed by atoms with Gasteiger partial charge in [0, 0.05) is 13.1 Å². The van der Waals surface area contributed by atoms with Crippen molar-refractivity contribution in [1.82, 2.24) is 14.7 Å². The molecule has 1 aromatic heterocycles. The summed E-state index contributed by atoms with van der Waals surface area (Å²) in [4.78, 5) is 26.8. The predicted molar refractivity (Wildman–Crippen MR) is 110 cm³/mol. The van der Waals surface area contributed by atoms with E-state index in [0.717, 1.165) is 12.2 Å². The Balaban J connectivity index is 1.56. The minimum Gasteiger partial charge on any atom is -0.469 e. The zero-order chi connectivity index (χ0) is 20.6. The smallest absolute Gasteiger partial charge is 0.308 e. The fourth-order valence-electron chi connectivity index (χ4n) is 4.45. The number of likely N-dealkylation sites (tertiary alicyclic amines) is 1. The summed E-state index contributed by atoms with van der Waals surface area (Å²) in [5.41, 5.74) is 1.58. The summed E-state index contributed by atoms with van der Waals surface area (Å²) in [6.45, 7) is 5.40. The van der Waals surface area contributed by atoms with Crippen molar-refractivity contribution in [2.45, 2.75) is 44.7 Å². The van der Waals surface area contributed by atoms with Gasteiger partial charge in [-0.15, -0.1) is 0 Å². The van der Waals surface area contributed by atoms with Gasteiger partial charge in [-0.3, -0.25) is 9.59 Å². The SMILES string of the molecule is COC(=O)C1CCN(C(=O)c2cnn3c2NC(c2ccccc2)CC3(C)C)CC1. The maximum atomic E-state index is 13.2. The normalized spacial score (nSPS) is 21.2. The van der Waals surface area contributed by atoms with Gasteiger partial charge in [0.05, 0.1) is 30.8 Å². The first-order chi connectivity index (χ1) is 13.9. The van der Waals surface area contributed by atoms with E-state index in [4.69, 9.17) is 4.74 Å². The number of piperidine rings is 1. The Kier molecular flexibility index (Phi) is 5.06. The van der Waals surface area contributed by atoms with E-state index in [0.29, 0.717) is 31.5 Å². The van der Waals surface area contributed by atoms with Crippen LogP contribution in [0.4, 0.5) is 5.82 Å². The summed E-state index contributed by atoms with van der Waals surface area (Å²) >= 11 is 0. The van der Waals surface area contributed by atoms with Crippen molar-refractivity contribution in [2.24, 2.45) is 5.92 Å². The summed E-state index contributed by atoms with van der Waals surface area (Å²) in [5.74, 6) is 0.431. The van der Waals surface area contributed by atoms with Crippen molar-refractivity contribution in [2.75, 3.05) is 25.5 Å². The Morgan fingerprint density at radius 1 is 1.17 bits per heavy atom. The summed E-state index contributed by atoms with van der Waals surface area (Å²) in [5, 5.41) is 8.09. The molecule has 1 amide bonds. The second-order valence-corrected chi connectivity index (χ2v) is 8.53. The molecule has 1 saturated heterocycles. The number of hydrogen-bond acceptors (Lipinski definition) is 5. The van der Waals surface area contributed by atoms with Crippen molar-refractivity contribution in [1.29, 1.82) is 0 Å². The number of nitrogens with one attached hydrogen (secondary N) is 1. The van der Waals surface area contributed by atoms with Crippen LogP contribution in [0.5, 0.6) is 0 Å². The van der Waals surface area contributed by atoms with Crippen LogP contribution in [0.15, 0.2) is 36.5 Å². The van der Waals surface area contributed by atoms with Crippen LogP contribution in [0.3, 0.4) is 0 Å². The third-order valence-corrected chi connectivity index (χ3v) is 6.11. The molecule has 1 fully saturated rings. The molecule has 1 atom stereocenters. The molecule has 3 heterocycles. The number of ether oxygens (including phenoxy) is 1. The molecule has 154 valence electrons. The van der Waals surface area contributed by atoms with Crippen LogP contribution in [-0.2, 0) is 15.1 Å². The number of carbonyl (C=O) groups excluding carboxylic acids is 2. The average Bonchev–Trinajstić information content (AvgIpc) is 3.18. The van der Waals surface area contributed by atoms with Crippen LogP contribution in [0, 0.1) is 5.92 Å². The Morgan fingerprint density at radius 2 is 1.86 bits per heavy atom. The number of esters is 1. The molecule has 0 spiro atoms. The summed E-state index contributed by atoms with van der Waals surface area (Å²) in [6, 6.07) is 10.4. The van der Waals surface area contributed by atoms with Crippen molar-refractivity contribution in [3.8, 4) is 0 Å². The van der Waals surface area contributed by atoms with Crippen molar-refractivity contribution < 1.29 is 14.3 Å². The lowest BCUT2D eigenvalue weighted by Gasteiger charge is -2.38. The molecule has 0 radical (unpaired) electrons. The van der Waals surface area contributed by atoms with Gasteiger partial charge in [-0.2, -0.15) is 5.10 Å². The second kappa shape index (κ2) is 7.54. The number of rotatable bonds is 3. The van der Waals surface area contributed by atoms with Crippen LogP contribution in [0.2, 0.25) is 0 Å². The summed E-state index contributed by atoms with van der Waals surface area (Å²) in [7, 11) is 1.41. The highest BCUT2D eigenvalue weighted by Gasteiger charge is 2.38. The molecule has 29 heavy (non-hydrogen) atoms. The number of methoxy groups -OCH3 is 1. The quantitative estimate of drug-likeness (QED) is 0.807. The number of benzene rings is 1. The maximum Gasteiger partial charge on any atom is 0.308 e. The van der Waals surface area contributed by atoms with Gasteiger partial charge in [0.15, 0.2) is 0 Å². The fourth-order valence-corrected chi connectivity index (χ4v) is 4.45. The van der Waals surface area contributed by atoms with Crippen LogP contribution in [0.25, 0.3) is 0 Å². The second-order valence-electron chi connectivity index (χ2n) is 8.53. The molecule has 7 heteroatoms.